The summed E-state index contributed by atoms with van der Waals surface area (Å²) in [6.45, 7) is 7.30. The van der Waals surface area contributed by atoms with Crippen molar-refractivity contribution in [1.29, 1.82) is 0 Å². The van der Waals surface area contributed by atoms with Gasteiger partial charge in [0.25, 0.3) is 11.8 Å². The first kappa shape index (κ1) is 26.6. The summed E-state index contributed by atoms with van der Waals surface area (Å²) < 4.78 is 5.25. The number of hydrogen-bond acceptors (Lipinski definition) is 6. The lowest BCUT2D eigenvalue weighted by Gasteiger charge is -2.22. The Hall–Kier alpha value is -3.69. The number of nitrogens with zero attached hydrogens (tertiary/aromatic N) is 1. The van der Waals surface area contributed by atoms with E-state index in [1.165, 1.54) is 0 Å². The van der Waals surface area contributed by atoms with E-state index >= 15 is 0 Å². The van der Waals surface area contributed by atoms with Crippen LogP contribution in [0.5, 0.6) is 0 Å². The lowest BCUT2D eigenvalue weighted by atomic mass is 9.99. The highest BCUT2D eigenvalue weighted by molar-refractivity contribution is 6.00. The number of ketones is 1. The van der Waals surface area contributed by atoms with Gasteiger partial charge in [0, 0.05) is 6.04 Å². The van der Waals surface area contributed by atoms with E-state index in [0.717, 1.165) is 11.8 Å². The van der Waals surface area contributed by atoms with Crippen molar-refractivity contribution in [3.05, 3.63) is 53.7 Å². The molecule has 0 aliphatic carbocycles. The number of aromatic nitrogens is 1. The molecule has 1 aromatic heterocycles. The molecule has 10 heteroatoms. The number of carboxylic acid groups (broad SMARTS) is 1. The fraction of sp³-hybridized carbons (Fsp3) is 0.458. The van der Waals surface area contributed by atoms with Crippen molar-refractivity contribution in [1.82, 2.24) is 20.9 Å². The van der Waals surface area contributed by atoms with E-state index in [9.17, 15) is 19.2 Å². The Labute approximate surface area is 198 Å². The van der Waals surface area contributed by atoms with Crippen molar-refractivity contribution in [2.24, 2.45) is 5.92 Å². The minimum Gasteiger partial charge on any atom is -0.465 e. The second-order valence-electron chi connectivity index (χ2n) is 8.75. The lowest BCUT2D eigenvalue weighted by Crippen LogP contribution is -2.52. The molecule has 184 valence electrons. The topological polar surface area (TPSA) is 151 Å². The van der Waals surface area contributed by atoms with Gasteiger partial charge in [-0.3, -0.25) is 14.4 Å². The first-order chi connectivity index (χ1) is 16.1. The van der Waals surface area contributed by atoms with Crippen LogP contribution in [0, 0.1) is 5.92 Å². The third-order valence-corrected chi connectivity index (χ3v) is 4.89. The summed E-state index contributed by atoms with van der Waals surface area (Å²) in [4.78, 5) is 53.4. The maximum absolute atomic E-state index is 13.2. The van der Waals surface area contributed by atoms with Crippen LogP contribution >= 0.6 is 0 Å². The standard InChI is InChI=1S/C24H32N4O6/c1-14(2)12-18(28-24(32)33)21(30)26-17(11-10-16-8-6-5-7-9-16)20(29)23-27-19(13-34-23)22(31)25-15(3)4/h5-9,13-15,17-18,28H,10-12H2,1-4H3,(H,25,31)(H,26,30)(H,32,33). The van der Waals surface area contributed by atoms with Crippen molar-refractivity contribution >= 4 is 23.7 Å². The summed E-state index contributed by atoms with van der Waals surface area (Å²) in [7, 11) is 0. The van der Waals surface area contributed by atoms with Gasteiger partial charge in [0.2, 0.25) is 11.7 Å². The number of carbonyl (C=O) groups is 4. The van der Waals surface area contributed by atoms with Crippen LogP contribution in [0.4, 0.5) is 4.79 Å². The van der Waals surface area contributed by atoms with Gasteiger partial charge < -0.3 is 25.5 Å². The molecule has 1 heterocycles. The molecular weight excluding hydrogens is 440 g/mol. The summed E-state index contributed by atoms with van der Waals surface area (Å²) in [6, 6.07) is 7.23. The molecule has 4 N–H and O–H groups in total. The summed E-state index contributed by atoms with van der Waals surface area (Å²) in [5.74, 6) is -1.97. The number of amides is 3. The van der Waals surface area contributed by atoms with E-state index in [0.29, 0.717) is 6.42 Å². The fourth-order valence-corrected chi connectivity index (χ4v) is 3.33. The van der Waals surface area contributed by atoms with Crippen LogP contribution in [0.25, 0.3) is 0 Å². The molecule has 0 spiro atoms. The van der Waals surface area contributed by atoms with Gasteiger partial charge in [0.1, 0.15) is 12.3 Å². The van der Waals surface area contributed by atoms with Gasteiger partial charge in [0.05, 0.1) is 6.04 Å². The van der Waals surface area contributed by atoms with Crippen molar-refractivity contribution in [3.8, 4) is 0 Å². The smallest absolute Gasteiger partial charge is 0.405 e. The minimum absolute atomic E-state index is 0.0369. The number of benzene rings is 1. The highest BCUT2D eigenvalue weighted by Crippen LogP contribution is 2.13. The molecule has 0 aliphatic rings. The highest BCUT2D eigenvalue weighted by Gasteiger charge is 2.30. The maximum Gasteiger partial charge on any atom is 0.405 e. The van der Waals surface area contributed by atoms with Crippen LogP contribution in [0.1, 0.15) is 67.3 Å². The molecule has 2 aromatic rings. The first-order valence-electron chi connectivity index (χ1n) is 11.2. The Bertz CT molecular complexity index is 986. The molecule has 0 radical (unpaired) electrons. The normalized spacial score (nSPS) is 12.8. The second-order valence-corrected chi connectivity index (χ2v) is 8.75. The van der Waals surface area contributed by atoms with E-state index in [1.54, 1.807) is 13.8 Å². The molecular formula is C24H32N4O6. The SMILES string of the molecule is CC(C)CC(NC(=O)O)C(=O)NC(CCc1ccccc1)C(=O)c1nc(C(=O)NC(C)C)co1. The predicted octanol–water partition coefficient (Wildman–Crippen LogP) is 2.80. The zero-order chi connectivity index (χ0) is 25.3. The Morgan fingerprint density at radius 3 is 2.24 bits per heavy atom. The Balaban J connectivity index is 2.23. The van der Waals surface area contributed by atoms with Crippen LogP contribution < -0.4 is 16.0 Å². The summed E-state index contributed by atoms with van der Waals surface area (Å²) >= 11 is 0. The van der Waals surface area contributed by atoms with Crippen molar-refractivity contribution in [3.63, 3.8) is 0 Å². The maximum atomic E-state index is 13.2. The van der Waals surface area contributed by atoms with Crippen LogP contribution in [-0.4, -0.2) is 51.9 Å². The molecule has 2 rings (SSSR count). The number of carbonyl (C=O) groups excluding carboxylic acids is 3. The molecule has 0 aliphatic heterocycles. The number of hydrogen-bond donors (Lipinski definition) is 4. The molecule has 0 saturated heterocycles. The van der Waals surface area contributed by atoms with Crippen molar-refractivity contribution < 1.29 is 28.7 Å². The van der Waals surface area contributed by atoms with Gasteiger partial charge in [0.15, 0.2) is 5.69 Å². The lowest BCUT2D eigenvalue weighted by molar-refractivity contribution is -0.124. The first-order valence-corrected chi connectivity index (χ1v) is 11.2. The number of aryl methyl sites for hydroxylation is 1. The molecule has 2 atom stereocenters. The second kappa shape index (κ2) is 12.5. The Kier molecular flexibility index (Phi) is 9.78. The highest BCUT2D eigenvalue weighted by atomic mass is 16.4. The number of oxazole rings is 1. The van der Waals surface area contributed by atoms with E-state index in [-0.39, 0.29) is 36.4 Å². The van der Waals surface area contributed by atoms with E-state index in [1.807, 2.05) is 44.2 Å². The van der Waals surface area contributed by atoms with E-state index in [4.69, 9.17) is 9.52 Å². The van der Waals surface area contributed by atoms with Gasteiger partial charge in [-0.15, -0.1) is 0 Å². The fourth-order valence-electron chi connectivity index (χ4n) is 3.33. The Morgan fingerprint density at radius 2 is 1.65 bits per heavy atom. The van der Waals surface area contributed by atoms with Crippen LogP contribution in [-0.2, 0) is 11.2 Å². The van der Waals surface area contributed by atoms with Gasteiger partial charge in [-0.1, -0.05) is 44.2 Å². The zero-order valence-corrected chi connectivity index (χ0v) is 19.8. The largest absolute Gasteiger partial charge is 0.465 e. The monoisotopic (exact) mass is 472 g/mol. The zero-order valence-electron chi connectivity index (χ0n) is 19.8. The minimum atomic E-state index is -1.33. The number of rotatable bonds is 12. The third kappa shape index (κ3) is 8.34. The molecule has 34 heavy (non-hydrogen) atoms. The van der Waals surface area contributed by atoms with Gasteiger partial charge >= 0.3 is 6.09 Å². The van der Waals surface area contributed by atoms with Crippen LogP contribution in [0.2, 0.25) is 0 Å². The summed E-state index contributed by atoms with van der Waals surface area (Å²) in [6.07, 6.45) is 0.721. The van der Waals surface area contributed by atoms with Crippen molar-refractivity contribution in [2.75, 3.05) is 0 Å². The number of nitrogens with one attached hydrogen (secondary N) is 3. The quantitative estimate of drug-likeness (QED) is 0.347. The molecule has 3 amide bonds. The van der Waals surface area contributed by atoms with Gasteiger partial charge in [-0.05, 0) is 44.6 Å². The average Bonchev–Trinajstić information content (AvgIpc) is 3.25. The molecule has 0 saturated carbocycles. The molecule has 0 bridgehead atoms. The van der Waals surface area contributed by atoms with Gasteiger partial charge in [-0.25, -0.2) is 9.78 Å². The molecule has 2 unspecified atom stereocenters. The third-order valence-electron chi connectivity index (χ3n) is 4.89. The summed E-state index contributed by atoms with van der Waals surface area (Å²) in [5.41, 5.74) is 0.914. The summed E-state index contributed by atoms with van der Waals surface area (Å²) in [5, 5.41) is 16.6. The van der Waals surface area contributed by atoms with Crippen molar-refractivity contribution in [2.45, 2.75) is 65.1 Å². The van der Waals surface area contributed by atoms with E-state index in [2.05, 4.69) is 20.9 Å². The Morgan fingerprint density at radius 1 is 0.971 bits per heavy atom. The molecule has 10 nitrogen and oxygen atoms in total. The number of Topliss-reactive ketones (excluding diaryl/α,β-unsaturated/α-hetero) is 1. The molecule has 1 aromatic carbocycles. The van der Waals surface area contributed by atoms with Crippen LogP contribution in [0.15, 0.2) is 41.0 Å². The molecule has 0 fully saturated rings. The van der Waals surface area contributed by atoms with Crippen LogP contribution in [0.3, 0.4) is 0 Å². The van der Waals surface area contributed by atoms with E-state index < -0.39 is 35.8 Å². The predicted molar refractivity (Wildman–Crippen MR) is 125 cm³/mol. The average molecular weight is 473 g/mol. The van der Waals surface area contributed by atoms with Gasteiger partial charge in [-0.2, -0.15) is 0 Å².